The Morgan fingerprint density at radius 2 is 1.81 bits per heavy atom. The van der Waals surface area contributed by atoms with Gasteiger partial charge in [0, 0.05) is 17.6 Å². The topological polar surface area (TPSA) is 66.5 Å². The lowest BCUT2D eigenvalue weighted by molar-refractivity contribution is 0.233. The van der Waals surface area contributed by atoms with Gasteiger partial charge in [-0.15, -0.1) is 0 Å². The van der Waals surface area contributed by atoms with Crippen LogP contribution in [0.15, 0.2) is 46.3 Å². The maximum absolute atomic E-state index is 13.7. The van der Waals surface area contributed by atoms with Crippen LogP contribution >= 0.6 is 0 Å². The number of nitrogens with zero attached hydrogens (tertiary/aromatic N) is 1. The molecule has 5 nitrogen and oxygen atoms in total. The lowest BCUT2D eigenvalue weighted by Crippen LogP contribution is -2.25. The molecule has 2 rings (SSSR count). The lowest BCUT2D eigenvalue weighted by atomic mass is 10.1. The number of hydrogen-bond donors (Lipinski definition) is 1. The predicted molar refractivity (Wildman–Crippen MR) is 154 cm³/mol. The Bertz CT molecular complexity index is 1080. The van der Waals surface area contributed by atoms with Crippen LogP contribution in [0.2, 0.25) is 0 Å². The Hall–Kier alpha value is -2.69. The third kappa shape index (κ3) is 9.07. The van der Waals surface area contributed by atoms with Crippen LogP contribution in [0, 0.1) is 5.92 Å². The highest BCUT2D eigenvalue weighted by molar-refractivity contribution is 5.90. The molecule has 0 spiro atoms. The third-order valence-electron chi connectivity index (χ3n) is 6.48. The Kier molecular flexibility index (Phi) is 12.7. The van der Waals surface area contributed by atoms with Gasteiger partial charge in [-0.2, -0.15) is 0 Å². The van der Waals surface area contributed by atoms with Gasteiger partial charge < -0.3 is 19.8 Å². The fourth-order valence-corrected chi connectivity index (χ4v) is 4.36. The first-order valence-electron chi connectivity index (χ1n) is 13.8. The number of nitrogens with two attached hydrogens (primary N) is 1. The normalized spacial score (nSPS) is 12.6. The van der Waals surface area contributed by atoms with Gasteiger partial charge in [0.1, 0.15) is 6.61 Å². The molecule has 2 N–H and O–H groups in total. The lowest BCUT2D eigenvalue weighted by Gasteiger charge is -2.20. The second kappa shape index (κ2) is 15.4. The molecule has 0 amide bonds. The number of pyridine rings is 1. The first-order valence-corrected chi connectivity index (χ1v) is 13.8. The molecule has 5 heteroatoms. The molecule has 2 aromatic rings. The second-order valence-corrected chi connectivity index (χ2v) is 10.3. The van der Waals surface area contributed by atoms with E-state index >= 15 is 0 Å². The summed E-state index contributed by atoms with van der Waals surface area (Å²) in [6.45, 7) is 14.4. The molecule has 0 saturated carbocycles. The number of unbranched alkanes of at least 4 members (excludes halogenated alkanes) is 3. The number of aromatic nitrogens is 1. The van der Waals surface area contributed by atoms with Gasteiger partial charge in [-0.05, 0) is 76.6 Å². The van der Waals surface area contributed by atoms with Crippen molar-refractivity contribution in [1.29, 1.82) is 0 Å². The van der Waals surface area contributed by atoms with Crippen molar-refractivity contribution in [1.82, 2.24) is 4.57 Å². The Labute approximate surface area is 218 Å². The summed E-state index contributed by atoms with van der Waals surface area (Å²) in [7, 11) is 0. The molecule has 0 aliphatic carbocycles. The molecule has 0 bridgehead atoms. The van der Waals surface area contributed by atoms with Crippen molar-refractivity contribution >= 4 is 16.6 Å². The summed E-state index contributed by atoms with van der Waals surface area (Å²) in [5.74, 6) is 1.21. The van der Waals surface area contributed by atoms with Gasteiger partial charge >= 0.3 is 0 Å². The van der Waals surface area contributed by atoms with E-state index in [1.807, 2.05) is 22.8 Å². The monoisotopic (exact) mass is 496 g/mol. The molecule has 0 radical (unpaired) electrons. The molecule has 1 heterocycles. The Morgan fingerprint density at radius 3 is 2.50 bits per heavy atom. The molecule has 36 heavy (non-hydrogen) atoms. The summed E-state index contributed by atoms with van der Waals surface area (Å²) in [6, 6.07) is 5.70. The van der Waals surface area contributed by atoms with E-state index in [2.05, 4.69) is 53.7 Å². The van der Waals surface area contributed by atoms with Gasteiger partial charge in [-0.3, -0.25) is 4.79 Å². The van der Waals surface area contributed by atoms with Gasteiger partial charge in [0.25, 0.3) is 5.56 Å². The van der Waals surface area contributed by atoms with E-state index in [1.54, 1.807) is 0 Å². The molecular formula is C31H48N2O3. The van der Waals surface area contributed by atoms with Crippen molar-refractivity contribution in [2.24, 2.45) is 5.92 Å². The number of anilines is 1. The Balaban J connectivity index is 2.44. The predicted octanol–water partition coefficient (Wildman–Crippen LogP) is 8.05. The first-order chi connectivity index (χ1) is 17.3. The average molecular weight is 497 g/mol. The van der Waals surface area contributed by atoms with Crippen LogP contribution in [-0.4, -0.2) is 17.8 Å². The quantitative estimate of drug-likeness (QED) is 0.145. The van der Waals surface area contributed by atoms with Crippen LogP contribution in [0.25, 0.3) is 10.9 Å². The average Bonchev–Trinajstić information content (AvgIpc) is 2.82. The SMILES string of the molecule is CCCCCCn1c(=O)c(OCC(C)CCC)c(OC/C=C(\C)CCC=C(C)C)c2ccc(N)cc21. The fraction of sp³-hybridized carbons (Fsp3) is 0.581. The van der Waals surface area contributed by atoms with Gasteiger partial charge in [-0.1, -0.05) is 63.7 Å². The zero-order valence-electron chi connectivity index (χ0n) is 23.5. The van der Waals surface area contributed by atoms with Crippen LogP contribution in [0.3, 0.4) is 0 Å². The van der Waals surface area contributed by atoms with Crippen LogP contribution in [0.5, 0.6) is 11.5 Å². The number of nitrogen functional groups attached to an aromatic ring is 1. The summed E-state index contributed by atoms with van der Waals surface area (Å²) in [4.78, 5) is 13.7. The number of fused-ring (bicyclic) bond motifs is 1. The molecule has 1 aromatic carbocycles. The van der Waals surface area contributed by atoms with E-state index in [0.29, 0.717) is 42.9 Å². The smallest absolute Gasteiger partial charge is 0.297 e. The van der Waals surface area contributed by atoms with Gasteiger partial charge in [-0.25, -0.2) is 0 Å². The minimum absolute atomic E-state index is 0.132. The highest BCUT2D eigenvalue weighted by atomic mass is 16.5. The van der Waals surface area contributed by atoms with Gasteiger partial charge in [0.2, 0.25) is 5.75 Å². The van der Waals surface area contributed by atoms with Crippen molar-refractivity contribution in [3.8, 4) is 11.5 Å². The highest BCUT2D eigenvalue weighted by Gasteiger charge is 2.20. The third-order valence-corrected chi connectivity index (χ3v) is 6.48. The van der Waals surface area contributed by atoms with Crippen LogP contribution in [-0.2, 0) is 6.54 Å². The number of allylic oxidation sites excluding steroid dienone is 3. The van der Waals surface area contributed by atoms with Crippen LogP contribution in [0.4, 0.5) is 5.69 Å². The van der Waals surface area contributed by atoms with Crippen molar-refractivity contribution < 1.29 is 9.47 Å². The zero-order valence-corrected chi connectivity index (χ0v) is 23.5. The van der Waals surface area contributed by atoms with Crippen molar-refractivity contribution in [2.75, 3.05) is 18.9 Å². The number of ether oxygens (including phenoxy) is 2. The van der Waals surface area contributed by atoms with Crippen molar-refractivity contribution in [3.05, 3.63) is 51.9 Å². The van der Waals surface area contributed by atoms with E-state index in [4.69, 9.17) is 15.2 Å². The maximum Gasteiger partial charge on any atom is 0.297 e. The molecular weight excluding hydrogens is 448 g/mol. The van der Waals surface area contributed by atoms with Crippen molar-refractivity contribution in [3.63, 3.8) is 0 Å². The minimum atomic E-state index is -0.132. The molecule has 1 atom stereocenters. The standard InChI is InChI=1S/C31H48N2O3/c1-7-9-10-11-19-33-28-21-26(32)16-17-27(28)29(30(31(33)34)36-22-25(6)13-8-2)35-20-18-24(5)15-12-14-23(3)4/h14,16-18,21,25H,7-13,15,19-20,22,32H2,1-6H3/b24-18+. The second-order valence-electron chi connectivity index (χ2n) is 10.3. The van der Waals surface area contributed by atoms with Crippen LogP contribution in [0.1, 0.15) is 92.9 Å². The first kappa shape index (κ1) is 29.5. The summed E-state index contributed by atoms with van der Waals surface area (Å²) in [5, 5.41) is 0.869. The number of hydrogen-bond acceptors (Lipinski definition) is 4. The molecule has 0 fully saturated rings. The largest absolute Gasteiger partial charge is 0.485 e. The molecule has 0 aliphatic rings. The summed E-state index contributed by atoms with van der Waals surface area (Å²) < 4.78 is 14.3. The van der Waals surface area contributed by atoms with E-state index in [0.717, 1.165) is 62.3 Å². The Morgan fingerprint density at radius 1 is 1.03 bits per heavy atom. The molecule has 1 unspecified atom stereocenters. The van der Waals surface area contributed by atoms with E-state index in [9.17, 15) is 4.79 Å². The van der Waals surface area contributed by atoms with Crippen LogP contribution < -0.4 is 20.8 Å². The highest BCUT2D eigenvalue weighted by Crippen LogP contribution is 2.34. The number of rotatable bonds is 16. The summed E-state index contributed by atoms with van der Waals surface area (Å²) >= 11 is 0. The molecule has 0 aliphatic heterocycles. The summed E-state index contributed by atoms with van der Waals surface area (Å²) in [5.41, 5.74) is 10.1. The van der Waals surface area contributed by atoms with E-state index < -0.39 is 0 Å². The van der Waals surface area contributed by atoms with Crippen molar-refractivity contribution in [2.45, 2.75) is 99.5 Å². The van der Waals surface area contributed by atoms with Gasteiger partial charge in [0.05, 0.1) is 12.1 Å². The van der Waals surface area contributed by atoms with E-state index in [1.165, 1.54) is 11.1 Å². The summed E-state index contributed by atoms with van der Waals surface area (Å²) in [6.07, 6.45) is 12.8. The molecule has 1 aromatic heterocycles. The maximum atomic E-state index is 13.7. The number of benzene rings is 1. The fourth-order valence-electron chi connectivity index (χ4n) is 4.36. The minimum Gasteiger partial charge on any atom is -0.485 e. The molecule has 0 saturated heterocycles. The molecule has 200 valence electrons. The van der Waals surface area contributed by atoms with E-state index in [-0.39, 0.29) is 5.56 Å². The number of aryl methyl sites for hydroxylation is 1. The van der Waals surface area contributed by atoms with Gasteiger partial charge in [0.15, 0.2) is 5.75 Å². The zero-order chi connectivity index (χ0) is 26.5.